The molecule has 1 atom stereocenters. The summed E-state index contributed by atoms with van der Waals surface area (Å²) in [5.41, 5.74) is 3.81. The fourth-order valence-electron chi connectivity index (χ4n) is 4.33. The van der Waals surface area contributed by atoms with E-state index in [1.54, 1.807) is 36.7 Å². The molecule has 212 valence electrons. The Labute approximate surface area is 245 Å². The molecule has 0 radical (unpaired) electrons. The predicted molar refractivity (Wildman–Crippen MR) is 161 cm³/mol. The average molecular weight is 572 g/mol. The van der Waals surface area contributed by atoms with Gasteiger partial charge in [-0.25, -0.2) is 14.8 Å². The van der Waals surface area contributed by atoms with Gasteiger partial charge < -0.3 is 15.2 Å². The summed E-state index contributed by atoms with van der Waals surface area (Å²) in [7, 11) is 0. The van der Waals surface area contributed by atoms with Crippen LogP contribution >= 0.6 is 11.6 Å². The van der Waals surface area contributed by atoms with E-state index >= 15 is 0 Å². The lowest BCUT2D eigenvalue weighted by Crippen LogP contribution is -2.42. The smallest absolute Gasteiger partial charge is 0.326 e. The molecule has 4 aromatic rings. The Morgan fingerprint density at radius 2 is 1.46 bits per heavy atom. The van der Waals surface area contributed by atoms with E-state index in [1.165, 1.54) is 25.7 Å². The van der Waals surface area contributed by atoms with Crippen molar-refractivity contribution < 1.29 is 19.4 Å². The van der Waals surface area contributed by atoms with Crippen LogP contribution in [-0.2, 0) is 11.2 Å². The van der Waals surface area contributed by atoms with E-state index < -0.39 is 17.9 Å². The van der Waals surface area contributed by atoms with Gasteiger partial charge in [-0.2, -0.15) is 0 Å². The van der Waals surface area contributed by atoms with Gasteiger partial charge in [0.25, 0.3) is 5.91 Å². The number of nitrogens with zero attached hydrogens (tertiary/aromatic N) is 2. The molecule has 8 heteroatoms. The average Bonchev–Trinajstić information content (AvgIpc) is 2.99. The summed E-state index contributed by atoms with van der Waals surface area (Å²) in [5, 5.41) is 12.7. The Morgan fingerprint density at radius 1 is 0.829 bits per heavy atom. The highest BCUT2D eigenvalue weighted by atomic mass is 35.5. The van der Waals surface area contributed by atoms with Gasteiger partial charge >= 0.3 is 5.97 Å². The zero-order valence-electron chi connectivity index (χ0n) is 23.1. The molecule has 0 bridgehead atoms. The normalized spacial score (nSPS) is 11.6. The van der Waals surface area contributed by atoms with E-state index in [0.29, 0.717) is 16.4 Å². The molecule has 7 nitrogen and oxygen atoms in total. The Kier molecular flexibility index (Phi) is 10.9. The summed E-state index contributed by atoms with van der Waals surface area (Å²) in [5.74, 6) is -0.165. The van der Waals surface area contributed by atoms with Crippen LogP contribution in [0.2, 0.25) is 5.02 Å². The molecule has 0 saturated heterocycles. The number of carboxylic acid groups (broad SMARTS) is 1. The first-order valence-electron chi connectivity index (χ1n) is 13.9. The molecule has 0 saturated carbocycles. The summed E-state index contributed by atoms with van der Waals surface area (Å²) in [6.07, 6.45) is 9.75. The van der Waals surface area contributed by atoms with E-state index in [1.807, 2.05) is 48.5 Å². The number of nitrogens with one attached hydrogen (secondary N) is 1. The number of amides is 1. The van der Waals surface area contributed by atoms with E-state index in [9.17, 15) is 14.7 Å². The van der Waals surface area contributed by atoms with Crippen molar-refractivity contribution in [3.05, 3.63) is 101 Å². The number of carboxylic acids is 1. The number of unbranched alkanes of at least 4 members (excludes halogenated alkanes) is 4. The highest BCUT2D eigenvalue weighted by molar-refractivity contribution is 6.30. The van der Waals surface area contributed by atoms with E-state index in [-0.39, 0.29) is 6.42 Å². The maximum Gasteiger partial charge on any atom is 0.326 e. The van der Waals surface area contributed by atoms with Crippen molar-refractivity contribution in [1.29, 1.82) is 0 Å². The van der Waals surface area contributed by atoms with Crippen LogP contribution in [0.4, 0.5) is 0 Å². The lowest BCUT2D eigenvalue weighted by molar-refractivity contribution is -0.139. The van der Waals surface area contributed by atoms with Crippen LogP contribution in [0, 0.1) is 0 Å². The van der Waals surface area contributed by atoms with Crippen LogP contribution in [0.3, 0.4) is 0 Å². The number of halogens is 1. The van der Waals surface area contributed by atoms with Crippen molar-refractivity contribution >= 4 is 23.5 Å². The molecule has 3 aromatic carbocycles. The van der Waals surface area contributed by atoms with Gasteiger partial charge in [0.1, 0.15) is 11.8 Å². The number of hydrogen-bond donors (Lipinski definition) is 2. The second-order valence-electron chi connectivity index (χ2n) is 9.85. The van der Waals surface area contributed by atoms with Gasteiger partial charge in [-0.3, -0.25) is 4.79 Å². The molecule has 0 aliphatic carbocycles. The maximum atomic E-state index is 12.5. The lowest BCUT2D eigenvalue weighted by Gasteiger charge is -2.15. The topological polar surface area (TPSA) is 101 Å². The van der Waals surface area contributed by atoms with Crippen LogP contribution in [-0.4, -0.2) is 39.6 Å². The van der Waals surface area contributed by atoms with Gasteiger partial charge in [0, 0.05) is 40.5 Å². The second kappa shape index (κ2) is 15.0. The maximum absolute atomic E-state index is 12.5. The Morgan fingerprint density at radius 3 is 2.10 bits per heavy atom. The number of aromatic nitrogens is 2. The Balaban J connectivity index is 1.32. The van der Waals surface area contributed by atoms with E-state index in [0.717, 1.165) is 41.0 Å². The monoisotopic (exact) mass is 571 g/mol. The van der Waals surface area contributed by atoms with Crippen LogP contribution in [0.15, 0.2) is 85.2 Å². The van der Waals surface area contributed by atoms with Crippen LogP contribution < -0.4 is 10.1 Å². The summed E-state index contributed by atoms with van der Waals surface area (Å²) < 4.78 is 5.85. The third-order valence-electron chi connectivity index (χ3n) is 6.72. The largest absolute Gasteiger partial charge is 0.494 e. The molecule has 0 unspecified atom stereocenters. The molecule has 0 fully saturated rings. The van der Waals surface area contributed by atoms with Gasteiger partial charge in [0.2, 0.25) is 0 Å². The fraction of sp³-hybridized carbons (Fsp3) is 0.273. The quantitative estimate of drug-likeness (QED) is 0.155. The number of benzene rings is 3. The van der Waals surface area contributed by atoms with Gasteiger partial charge in [0.05, 0.1) is 6.61 Å². The fourth-order valence-corrected chi connectivity index (χ4v) is 4.46. The molecule has 0 aliphatic rings. The van der Waals surface area contributed by atoms with Gasteiger partial charge in [-0.1, -0.05) is 80.6 Å². The molecule has 1 amide bonds. The first-order valence-corrected chi connectivity index (χ1v) is 14.2. The highest BCUT2D eigenvalue weighted by Crippen LogP contribution is 2.24. The number of hydrogen-bond acceptors (Lipinski definition) is 5. The molecular formula is C33H34ClN3O4. The summed E-state index contributed by atoms with van der Waals surface area (Å²) in [6.45, 7) is 2.94. The SMILES string of the molecule is CCCCCCCOc1ccc(-c2cnc(-c3ccc(C[C@H](NC(=O)c4ccc(Cl)cc4)C(=O)O)cc3)nc2)cc1. The number of rotatable bonds is 14. The molecule has 4 rings (SSSR count). The van der Waals surface area contributed by atoms with E-state index in [4.69, 9.17) is 16.3 Å². The van der Waals surface area contributed by atoms with Crippen molar-refractivity contribution in [2.45, 2.75) is 51.5 Å². The van der Waals surface area contributed by atoms with Crippen molar-refractivity contribution in [3.8, 4) is 28.3 Å². The standard InChI is InChI=1S/C33H34ClN3O4/c1-2-3-4-5-6-19-41-29-17-13-24(14-18-29)27-21-35-31(36-22-27)25-9-7-23(8-10-25)20-30(33(39)40)37-32(38)26-11-15-28(34)16-12-26/h7-18,21-22,30H,2-6,19-20H2,1H3,(H,37,38)(H,39,40)/t30-/m0/s1. The lowest BCUT2D eigenvalue weighted by atomic mass is 10.0. The van der Waals surface area contributed by atoms with Crippen molar-refractivity contribution in [2.75, 3.05) is 6.61 Å². The third-order valence-corrected chi connectivity index (χ3v) is 6.97. The molecule has 0 aliphatic heterocycles. The molecule has 41 heavy (non-hydrogen) atoms. The predicted octanol–water partition coefficient (Wildman–Crippen LogP) is 7.24. The summed E-state index contributed by atoms with van der Waals surface area (Å²) in [6, 6.07) is 20.5. The number of aliphatic carboxylic acids is 1. The summed E-state index contributed by atoms with van der Waals surface area (Å²) >= 11 is 5.87. The van der Waals surface area contributed by atoms with Crippen molar-refractivity contribution in [3.63, 3.8) is 0 Å². The number of carbonyl (C=O) groups is 2. The number of ether oxygens (including phenoxy) is 1. The van der Waals surface area contributed by atoms with E-state index in [2.05, 4.69) is 22.2 Å². The molecule has 1 heterocycles. The Hall–Kier alpha value is -4.23. The zero-order chi connectivity index (χ0) is 29.0. The molecule has 0 spiro atoms. The van der Waals surface area contributed by atoms with Crippen molar-refractivity contribution in [1.82, 2.24) is 15.3 Å². The van der Waals surface area contributed by atoms with Crippen LogP contribution in [0.1, 0.15) is 54.9 Å². The first kappa shape index (κ1) is 29.7. The van der Waals surface area contributed by atoms with Crippen LogP contribution in [0.5, 0.6) is 5.75 Å². The minimum atomic E-state index is -1.11. The van der Waals surface area contributed by atoms with Crippen molar-refractivity contribution in [2.24, 2.45) is 0 Å². The molecule has 2 N–H and O–H groups in total. The first-order chi connectivity index (χ1) is 19.9. The minimum Gasteiger partial charge on any atom is -0.494 e. The summed E-state index contributed by atoms with van der Waals surface area (Å²) in [4.78, 5) is 33.4. The highest BCUT2D eigenvalue weighted by Gasteiger charge is 2.21. The molecule has 1 aromatic heterocycles. The van der Waals surface area contributed by atoms with Crippen LogP contribution in [0.25, 0.3) is 22.5 Å². The minimum absolute atomic E-state index is 0.132. The Bertz CT molecular complexity index is 1410. The zero-order valence-corrected chi connectivity index (χ0v) is 23.8. The van der Waals surface area contributed by atoms with Gasteiger partial charge in [0.15, 0.2) is 5.82 Å². The second-order valence-corrected chi connectivity index (χ2v) is 10.3. The third kappa shape index (κ3) is 8.88. The van der Waals surface area contributed by atoms with Gasteiger partial charge in [-0.05, 0) is 53.9 Å². The molecular weight excluding hydrogens is 538 g/mol. The van der Waals surface area contributed by atoms with Gasteiger partial charge in [-0.15, -0.1) is 0 Å². The number of carbonyl (C=O) groups excluding carboxylic acids is 1.